The third-order valence-corrected chi connectivity index (χ3v) is 10.1. The molecular formula is C35H45BN2S. The fourth-order valence-electron chi connectivity index (χ4n) is 6.77. The lowest BCUT2D eigenvalue weighted by Crippen LogP contribution is -2.48. The van der Waals surface area contributed by atoms with Gasteiger partial charge in [-0.1, -0.05) is 137 Å². The zero-order valence-electron chi connectivity index (χ0n) is 24.2. The molecule has 0 saturated heterocycles. The SMILES string of the molecule is CC(C)(C)c1sccc1B(c1ccccc1)C1CCCCC1.c1cn(-c2ccc(C3CCCCC3)cc2)cn1. The van der Waals surface area contributed by atoms with Crippen molar-refractivity contribution in [3.63, 3.8) is 0 Å². The maximum Gasteiger partial charge on any atom is 0.213 e. The fourth-order valence-corrected chi connectivity index (χ4v) is 7.81. The van der Waals surface area contributed by atoms with E-state index in [1.54, 1.807) is 10.3 Å². The van der Waals surface area contributed by atoms with Crippen LogP contribution < -0.4 is 10.9 Å². The van der Waals surface area contributed by atoms with E-state index in [1.165, 1.54) is 80.9 Å². The third-order valence-electron chi connectivity index (χ3n) is 8.76. The Kier molecular flexibility index (Phi) is 9.45. The monoisotopic (exact) mass is 536 g/mol. The van der Waals surface area contributed by atoms with Gasteiger partial charge in [0.25, 0.3) is 0 Å². The molecule has 4 aromatic rings. The first kappa shape index (κ1) is 28.0. The molecular weight excluding hydrogens is 491 g/mol. The molecule has 0 aliphatic heterocycles. The summed E-state index contributed by atoms with van der Waals surface area (Å²) in [6, 6.07) is 22.6. The van der Waals surface area contributed by atoms with Crippen molar-refractivity contribution in [1.82, 2.24) is 9.55 Å². The summed E-state index contributed by atoms with van der Waals surface area (Å²) in [4.78, 5) is 5.65. The van der Waals surface area contributed by atoms with E-state index in [-0.39, 0.29) is 5.41 Å². The van der Waals surface area contributed by atoms with Crippen LogP contribution in [0.15, 0.2) is 84.8 Å². The Balaban J connectivity index is 0.000000163. The summed E-state index contributed by atoms with van der Waals surface area (Å²) in [5, 5.41) is 2.30. The number of benzene rings is 2. The van der Waals surface area contributed by atoms with Gasteiger partial charge in [-0.25, -0.2) is 4.98 Å². The lowest BCUT2D eigenvalue weighted by Gasteiger charge is -2.31. The minimum atomic E-state index is 0.241. The highest BCUT2D eigenvalue weighted by atomic mass is 32.1. The van der Waals surface area contributed by atoms with Crippen LogP contribution in [0.25, 0.3) is 5.69 Å². The zero-order chi connectivity index (χ0) is 27.1. The van der Waals surface area contributed by atoms with E-state index in [0.717, 1.165) is 11.7 Å². The van der Waals surface area contributed by atoms with Crippen LogP contribution in [0.1, 0.15) is 101 Å². The summed E-state index contributed by atoms with van der Waals surface area (Å²) in [5.41, 5.74) is 6.05. The van der Waals surface area contributed by atoms with Crippen molar-refractivity contribution in [2.75, 3.05) is 0 Å². The van der Waals surface area contributed by atoms with Crippen LogP contribution in [0.5, 0.6) is 0 Å². The van der Waals surface area contributed by atoms with Crippen LogP contribution in [0.3, 0.4) is 0 Å². The molecule has 0 unspecified atom stereocenters. The average molecular weight is 537 g/mol. The van der Waals surface area contributed by atoms with E-state index in [2.05, 4.69) is 91.8 Å². The molecule has 2 heterocycles. The van der Waals surface area contributed by atoms with Crippen LogP contribution in [0.4, 0.5) is 0 Å². The first-order valence-corrected chi connectivity index (χ1v) is 16.1. The van der Waals surface area contributed by atoms with Gasteiger partial charge in [-0.3, -0.25) is 0 Å². The number of thiophene rings is 1. The minimum Gasteiger partial charge on any atom is -0.306 e. The fraction of sp³-hybridized carbons (Fsp3) is 0.457. The average Bonchev–Trinajstić information content (AvgIpc) is 3.69. The Morgan fingerprint density at radius 3 is 2.08 bits per heavy atom. The van der Waals surface area contributed by atoms with Crippen molar-refractivity contribution in [2.45, 2.75) is 102 Å². The Morgan fingerprint density at radius 1 is 0.795 bits per heavy atom. The van der Waals surface area contributed by atoms with Gasteiger partial charge in [-0.05, 0) is 47.3 Å². The molecule has 0 amide bonds. The topological polar surface area (TPSA) is 17.8 Å². The number of hydrogen-bond acceptors (Lipinski definition) is 2. The quantitative estimate of drug-likeness (QED) is 0.233. The van der Waals surface area contributed by atoms with Crippen molar-refractivity contribution in [2.24, 2.45) is 0 Å². The van der Waals surface area contributed by atoms with Crippen LogP contribution in [0.2, 0.25) is 5.82 Å². The summed E-state index contributed by atoms with van der Waals surface area (Å²) in [5.74, 6) is 1.60. The molecule has 2 aromatic heterocycles. The van der Waals surface area contributed by atoms with Crippen molar-refractivity contribution in [1.29, 1.82) is 0 Å². The Labute approximate surface area is 241 Å². The molecule has 4 heteroatoms. The number of imidazole rings is 1. The van der Waals surface area contributed by atoms with Gasteiger partial charge in [-0.15, -0.1) is 11.3 Å². The lowest BCUT2D eigenvalue weighted by atomic mass is 9.31. The summed E-state index contributed by atoms with van der Waals surface area (Å²) in [6.45, 7) is 7.64. The van der Waals surface area contributed by atoms with Gasteiger partial charge in [0.1, 0.15) is 0 Å². The van der Waals surface area contributed by atoms with Gasteiger partial charge >= 0.3 is 0 Å². The molecule has 0 radical (unpaired) electrons. The van der Waals surface area contributed by atoms with Crippen molar-refractivity contribution < 1.29 is 0 Å². The molecule has 2 saturated carbocycles. The second-order valence-electron chi connectivity index (χ2n) is 12.6. The van der Waals surface area contributed by atoms with Crippen LogP contribution in [-0.4, -0.2) is 16.3 Å². The minimum absolute atomic E-state index is 0.241. The van der Waals surface area contributed by atoms with E-state index in [1.807, 2.05) is 34.6 Å². The molecule has 2 aromatic carbocycles. The molecule has 2 fully saturated rings. The molecule has 39 heavy (non-hydrogen) atoms. The molecule has 6 rings (SSSR count). The summed E-state index contributed by atoms with van der Waals surface area (Å²) < 4.78 is 2.05. The second kappa shape index (κ2) is 13.2. The van der Waals surface area contributed by atoms with Gasteiger partial charge in [0.15, 0.2) is 0 Å². The van der Waals surface area contributed by atoms with Crippen molar-refractivity contribution in [3.8, 4) is 5.69 Å². The van der Waals surface area contributed by atoms with E-state index in [9.17, 15) is 0 Å². The third kappa shape index (κ3) is 7.14. The van der Waals surface area contributed by atoms with E-state index >= 15 is 0 Å². The first-order valence-electron chi connectivity index (χ1n) is 15.2. The zero-order valence-corrected chi connectivity index (χ0v) is 25.0. The molecule has 0 spiro atoms. The van der Waals surface area contributed by atoms with E-state index < -0.39 is 0 Å². The van der Waals surface area contributed by atoms with Crippen molar-refractivity contribution in [3.05, 3.63) is 95.2 Å². The normalized spacial score (nSPS) is 16.9. The highest BCUT2D eigenvalue weighted by molar-refractivity contribution is 7.12. The molecule has 2 aliphatic rings. The van der Waals surface area contributed by atoms with Gasteiger partial charge in [-0.2, -0.15) is 0 Å². The summed E-state index contributed by atoms with van der Waals surface area (Å²) >= 11 is 1.94. The second-order valence-corrected chi connectivity index (χ2v) is 13.6. The molecule has 0 atom stereocenters. The molecule has 204 valence electrons. The van der Waals surface area contributed by atoms with Gasteiger partial charge in [0.2, 0.25) is 6.71 Å². The van der Waals surface area contributed by atoms with E-state index in [0.29, 0.717) is 6.71 Å². The summed E-state index contributed by atoms with van der Waals surface area (Å²) in [6.07, 6.45) is 19.6. The smallest absolute Gasteiger partial charge is 0.213 e. The standard InChI is InChI=1S/C20H27BS.C15H18N2/c1-20(2,3)19-18(14-15-22-19)21(16-10-6-4-7-11-16)17-12-8-5-9-13-17;1-2-4-13(5-3-1)14-6-8-15(9-7-14)17-11-10-16-12-17/h4,6-7,10-11,14-15,17H,5,8-9,12-13H2,1-3H3;6-13H,1-5H2. The molecule has 2 nitrogen and oxygen atoms in total. The van der Waals surface area contributed by atoms with Gasteiger partial charge < -0.3 is 4.57 Å². The maximum atomic E-state index is 4.07. The maximum absolute atomic E-state index is 4.07. The predicted octanol–water partition coefficient (Wildman–Crippen LogP) is 8.91. The number of rotatable bonds is 5. The first-order chi connectivity index (χ1) is 19.0. The lowest BCUT2D eigenvalue weighted by molar-refractivity contribution is 0.443. The predicted molar refractivity (Wildman–Crippen MR) is 171 cm³/mol. The molecule has 2 aliphatic carbocycles. The van der Waals surface area contributed by atoms with E-state index in [4.69, 9.17) is 0 Å². The van der Waals surface area contributed by atoms with Crippen LogP contribution in [0, 0.1) is 0 Å². The number of aromatic nitrogens is 2. The Hall–Kier alpha value is -2.59. The molecule has 0 N–H and O–H groups in total. The van der Waals surface area contributed by atoms with Crippen LogP contribution >= 0.6 is 11.3 Å². The highest BCUT2D eigenvalue weighted by Crippen LogP contribution is 2.34. The molecule has 0 bridgehead atoms. The highest BCUT2D eigenvalue weighted by Gasteiger charge is 2.34. The van der Waals surface area contributed by atoms with Gasteiger partial charge in [0, 0.05) is 23.0 Å². The van der Waals surface area contributed by atoms with Crippen molar-refractivity contribution >= 4 is 29.0 Å². The Bertz CT molecular complexity index is 1240. The largest absolute Gasteiger partial charge is 0.306 e. The van der Waals surface area contributed by atoms with Crippen LogP contribution in [-0.2, 0) is 5.41 Å². The summed E-state index contributed by atoms with van der Waals surface area (Å²) in [7, 11) is 0. The number of nitrogens with zero attached hydrogens (tertiary/aromatic N) is 2. The number of hydrogen-bond donors (Lipinski definition) is 0. The Morgan fingerprint density at radius 2 is 1.46 bits per heavy atom. The van der Waals surface area contributed by atoms with Gasteiger partial charge in [0.05, 0.1) is 6.33 Å².